The summed E-state index contributed by atoms with van der Waals surface area (Å²) in [5.41, 5.74) is 5.25. The second kappa shape index (κ2) is 12.0. The molecule has 4 heterocycles. The molecule has 3 aromatic rings. The molecule has 2 aliphatic rings. The van der Waals surface area contributed by atoms with E-state index in [9.17, 15) is 43.5 Å². The molecule has 2 amide bonds. The van der Waals surface area contributed by atoms with E-state index >= 15 is 0 Å². The molecular formula is C22H26N6O13P2. The molecule has 1 saturated heterocycles. The van der Waals surface area contributed by atoms with Crippen LogP contribution in [0.1, 0.15) is 39.8 Å². The largest absolute Gasteiger partial charge is 0.481 e. The summed E-state index contributed by atoms with van der Waals surface area (Å²) in [4.78, 5) is 67.6. The number of benzene rings is 1. The van der Waals surface area contributed by atoms with Crippen LogP contribution in [-0.4, -0.2) is 94.3 Å². The number of aromatic nitrogens is 4. The topological polar surface area (TPSA) is 279 Å². The molecule has 0 saturated carbocycles. The van der Waals surface area contributed by atoms with Crippen molar-refractivity contribution in [1.82, 2.24) is 24.4 Å². The number of nitrogens with two attached hydrogens (primary N) is 1. The second-order valence-corrected chi connectivity index (χ2v) is 12.5. The van der Waals surface area contributed by atoms with Crippen LogP contribution in [0.2, 0.25) is 0 Å². The number of H-pyrrole nitrogens is 1. The van der Waals surface area contributed by atoms with Crippen LogP contribution in [0, 0.1) is 0 Å². The number of unbranched alkanes of at least 4 members (excludes halogenated alkanes) is 1. The van der Waals surface area contributed by atoms with Crippen LogP contribution >= 0.6 is 15.6 Å². The highest BCUT2D eigenvalue weighted by Crippen LogP contribution is 2.60. The first-order chi connectivity index (χ1) is 20.3. The highest BCUT2D eigenvalue weighted by molar-refractivity contribution is 7.61. The van der Waals surface area contributed by atoms with Crippen molar-refractivity contribution in [3.63, 3.8) is 0 Å². The fourth-order valence-corrected chi connectivity index (χ4v) is 6.68. The maximum Gasteiger partial charge on any atom is 0.481 e. The highest BCUT2D eigenvalue weighted by Gasteiger charge is 2.46. The minimum atomic E-state index is -5.27. The standard InChI is InChI=1S/C22H26N6O13P2/c23-22-25-17-14(18(31)26-22)24-10-28(17)21-16(30)15(29)13(40-21)9-39-43(36,37)41-42(34,35)38-8-4-3-7-27-19(32)11-5-1-2-6-12(11)20(27)33/h1-2,5-6,10,13,15-16,21,29-30H,3-4,7-9H2,(H,34,35)(H,36,37)(H3,23,25,26,31)/t13-,15-,16-,21-/m1/s1. The van der Waals surface area contributed by atoms with E-state index in [0.29, 0.717) is 0 Å². The Morgan fingerprint density at radius 1 is 1.00 bits per heavy atom. The Labute approximate surface area is 241 Å². The number of nitrogens with zero attached hydrogens (tertiary/aromatic N) is 4. The number of amides is 2. The monoisotopic (exact) mass is 644 g/mol. The van der Waals surface area contributed by atoms with Gasteiger partial charge in [-0.2, -0.15) is 9.29 Å². The number of anilines is 1. The number of ether oxygens (including phenoxy) is 1. The quantitative estimate of drug-likeness (QED) is 0.0834. The summed E-state index contributed by atoms with van der Waals surface area (Å²) in [5, 5.41) is 20.8. The number of carbonyl (C=O) groups is 2. The molecule has 0 aliphatic carbocycles. The van der Waals surface area contributed by atoms with Gasteiger partial charge in [-0.05, 0) is 25.0 Å². The van der Waals surface area contributed by atoms with Gasteiger partial charge in [0.1, 0.15) is 18.3 Å². The number of fused-ring (bicyclic) bond motifs is 2. The number of nitrogens with one attached hydrogen (secondary N) is 1. The average molecular weight is 644 g/mol. The molecule has 1 fully saturated rings. The van der Waals surface area contributed by atoms with E-state index in [1.165, 1.54) is 12.1 Å². The van der Waals surface area contributed by atoms with Crippen LogP contribution in [0.15, 0.2) is 35.4 Å². The lowest BCUT2D eigenvalue weighted by Gasteiger charge is -2.19. The zero-order chi connectivity index (χ0) is 31.1. The normalized spacial score (nSPS) is 24.8. The number of carbonyl (C=O) groups excluding carboxylic acids is 2. The fourth-order valence-electron chi connectivity index (χ4n) is 4.57. The van der Waals surface area contributed by atoms with E-state index in [1.807, 2.05) is 0 Å². The summed E-state index contributed by atoms with van der Waals surface area (Å²) >= 11 is 0. The second-order valence-electron chi connectivity index (χ2n) is 9.48. The van der Waals surface area contributed by atoms with Crippen LogP contribution < -0.4 is 11.3 Å². The van der Waals surface area contributed by atoms with Crippen molar-refractivity contribution >= 4 is 44.6 Å². The molecule has 2 aromatic heterocycles. The number of hydrogen-bond donors (Lipinski definition) is 6. The number of imide groups is 1. The van der Waals surface area contributed by atoms with Crippen molar-refractivity contribution in [2.75, 3.05) is 25.5 Å². The van der Waals surface area contributed by atoms with Gasteiger partial charge in [0.25, 0.3) is 17.4 Å². The Balaban J connectivity index is 1.09. The molecule has 7 N–H and O–H groups in total. The number of aliphatic hydroxyl groups excluding tert-OH is 2. The number of hydrogen-bond acceptors (Lipinski definition) is 14. The molecule has 21 heteroatoms. The van der Waals surface area contributed by atoms with Crippen molar-refractivity contribution < 1.29 is 56.8 Å². The van der Waals surface area contributed by atoms with Gasteiger partial charge >= 0.3 is 15.6 Å². The fraction of sp³-hybridized carbons (Fsp3) is 0.409. The summed E-state index contributed by atoms with van der Waals surface area (Å²) in [6.07, 6.45) is -4.75. The predicted molar refractivity (Wildman–Crippen MR) is 142 cm³/mol. The molecule has 19 nitrogen and oxygen atoms in total. The molecule has 0 bridgehead atoms. The highest BCUT2D eigenvalue weighted by atomic mass is 31.3. The van der Waals surface area contributed by atoms with E-state index in [0.717, 1.165) is 15.8 Å². The van der Waals surface area contributed by atoms with Crippen LogP contribution in [0.4, 0.5) is 5.95 Å². The Morgan fingerprint density at radius 3 is 2.33 bits per heavy atom. The van der Waals surface area contributed by atoms with Crippen molar-refractivity contribution in [2.24, 2.45) is 0 Å². The van der Waals surface area contributed by atoms with Gasteiger partial charge in [0, 0.05) is 6.54 Å². The molecule has 2 unspecified atom stereocenters. The van der Waals surface area contributed by atoms with Gasteiger partial charge in [0.2, 0.25) is 5.95 Å². The van der Waals surface area contributed by atoms with E-state index in [4.69, 9.17) is 19.5 Å². The first-order valence-electron chi connectivity index (χ1n) is 12.6. The molecule has 0 radical (unpaired) electrons. The van der Waals surface area contributed by atoms with Gasteiger partial charge in [-0.1, -0.05) is 12.1 Å². The number of aliphatic hydroxyl groups is 2. The maximum absolute atomic E-state index is 12.4. The predicted octanol–water partition coefficient (Wildman–Crippen LogP) is -0.352. The van der Waals surface area contributed by atoms with Gasteiger partial charge < -0.3 is 30.5 Å². The SMILES string of the molecule is Nc1nc2c(ncn2[C@@H]2O[C@H](COP(=O)(O)OP(=O)(O)OCCCCN3C(=O)c4ccccc4C3=O)[C@@H](O)[C@H]2O)c(=O)[nH]1. The zero-order valence-corrected chi connectivity index (χ0v) is 23.7. The summed E-state index contributed by atoms with van der Waals surface area (Å²) in [6.45, 7) is -1.31. The van der Waals surface area contributed by atoms with Crippen molar-refractivity contribution in [3.05, 3.63) is 52.1 Å². The molecule has 232 valence electrons. The summed E-state index contributed by atoms with van der Waals surface area (Å²) in [7, 11) is -10.4. The number of rotatable bonds is 12. The molecule has 5 rings (SSSR count). The van der Waals surface area contributed by atoms with Crippen molar-refractivity contribution in [3.8, 4) is 0 Å². The molecular weight excluding hydrogens is 618 g/mol. The lowest BCUT2D eigenvalue weighted by atomic mass is 10.1. The van der Waals surface area contributed by atoms with Gasteiger partial charge in [0.15, 0.2) is 17.4 Å². The Kier molecular flexibility index (Phi) is 8.65. The van der Waals surface area contributed by atoms with Crippen LogP contribution in [0.25, 0.3) is 11.2 Å². The maximum atomic E-state index is 12.4. The summed E-state index contributed by atoms with van der Waals surface area (Å²) < 4.78 is 44.8. The van der Waals surface area contributed by atoms with Gasteiger partial charge in [-0.25, -0.2) is 14.1 Å². The smallest absolute Gasteiger partial charge is 0.387 e. The minimum absolute atomic E-state index is 0.0132. The van der Waals surface area contributed by atoms with E-state index in [-0.39, 0.29) is 47.6 Å². The first-order valence-corrected chi connectivity index (χ1v) is 15.6. The first kappa shape index (κ1) is 31.1. The lowest BCUT2D eigenvalue weighted by molar-refractivity contribution is -0.0504. The Hall–Kier alpha value is -3.35. The van der Waals surface area contributed by atoms with Crippen LogP contribution in [-0.2, 0) is 27.2 Å². The number of aromatic amines is 1. The molecule has 43 heavy (non-hydrogen) atoms. The number of phosphoric ester groups is 2. The third-order valence-corrected chi connectivity index (χ3v) is 9.21. The van der Waals surface area contributed by atoms with Crippen molar-refractivity contribution in [2.45, 2.75) is 37.4 Å². The van der Waals surface area contributed by atoms with E-state index in [1.54, 1.807) is 12.1 Å². The van der Waals surface area contributed by atoms with E-state index in [2.05, 4.69) is 19.3 Å². The third-order valence-electron chi connectivity index (χ3n) is 6.58. The third kappa shape index (κ3) is 6.46. The van der Waals surface area contributed by atoms with Crippen LogP contribution in [0.5, 0.6) is 0 Å². The van der Waals surface area contributed by atoms with Gasteiger partial charge in [0.05, 0.1) is 30.7 Å². The summed E-state index contributed by atoms with van der Waals surface area (Å²) in [6, 6.07) is 6.33. The van der Waals surface area contributed by atoms with Gasteiger partial charge in [-0.3, -0.25) is 37.9 Å². The van der Waals surface area contributed by atoms with E-state index < -0.39 is 70.8 Å². The molecule has 0 spiro atoms. The number of nitrogen functional groups attached to an aromatic ring is 1. The van der Waals surface area contributed by atoms with Gasteiger partial charge in [-0.15, -0.1) is 0 Å². The molecule has 6 atom stereocenters. The minimum Gasteiger partial charge on any atom is -0.387 e. The summed E-state index contributed by atoms with van der Waals surface area (Å²) in [5.74, 6) is -1.16. The van der Waals surface area contributed by atoms with Crippen molar-refractivity contribution in [1.29, 1.82) is 0 Å². The zero-order valence-electron chi connectivity index (χ0n) is 22.0. The lowest BCUT2D eigenvalue weighted by Crippen LogP contribution is -2.33. The number of phosphoric acid groups is 2. The Bertz CT molecular complexity index is 1680. The average Bonchev–Trinajstić information content (AvgIpc) is 3.55. The van der Waals surface area contributed by atoms with Crippen LogP contribution in [0.3, 0.4) is 0 Å². The Morgan fingerprint density at radius 2 is 1.65 bits per heavy atom. The molecule has 1 aromatic carbocycles. The molecule has 2 aliphatic heterocycles. The number of imidazole rings is 1.